The van der Waals surface area contributed by atoms with Crippen LogP contribution in [0.4, 0.5) is 5.69 Å². The summed E-state index contributed by atoms with van der Waals surface area (Å²) in [6.45, 7) is 2.28. The van der Waals surface area contributed by atoms with E-state index in [1.807, 2.05) is 18.2 Å². The Morgan fingerprint density at radius 1 is 1.17 bits per heavy atom. The zero-order valence-electron chi connectivity index (χ0n) is 13.3. The minimum Gasteiger partial charge on any atom is -0.348 e. The highest BCUT2D eigenvalue weighted by molar-refractivity contribution is 5.98. The Kier molecular flexibility index (Phi) is 3.81. The number of hydrogen-bond acceptors (Lipinski definition) is 3. The fraction of sp³-hybridized carbons (Fsp3) is 0.556. The Morgan fingerprint density at radius 3 is 3.00 bits per heavy atom. The van der Waals surface area contributed by atoms with Crippen LogP contribution in [0.1, 0.15) is 48.0 Å². The maximum absolute atomic E-state index is 12.6. The molecule has 5 heteroatoms. The van der Waals surface area contributed by atoms with Crippen molar-refractivity contribution in [3.63, 3.8) is 0 Å². The molecule has 3 heterocycles. The third-order valence-electron chi connectivity index (χ3n) is 5.44. The van der Waals surface area contributed by atoms with Gasteiger partial charge in [-0.05, 0) is 56.0 Å². The summed E-state index contributed by atoms with van der Waals surface area (Å²) in [6, 6.07) is 6.39. The average Bonchev–Trinajstić information content (AvgIpc) is 2.97. The van der Waals surface area contributed by atoms with Gasteiger partial charge in [0, 0.05) is 36.3 Å². The normalized spacial score (nSPS) is 27.0. The molecule has 2 amide bonds. The number of benzene rings is 1. The van der Waals surface area contributed by atoms with Gasteiger partial charge >= 0.3 is 0 Å². The molecule has 2 fully saturated rings. The summed E-state index contributed by atoms with van der Waals surface area (Å²) in [5, 5.41) is 6.10. The van der Waals surface area contributed by atoms with E-state index in [2.05, 4.69) is 15.5 Å². The van der Waals surface area contributed by atoms with Crippen LogP contribution in [0.2, 0.25) is 0 Å². The molecule has 3 aliphatic rings. The molecule has 3 aliphatic heterocycles. The molecule has 0 radical (unpaired) electrons. The van der Waals surface area contributed by atoms with Crippen LogP contribution in [0, 0.1) is 0 Å². The molecule has 5 nitrogen and oxygen atoms in total. The van der Waals surface area contributed by atoms with E-state index in [1.54, 1.807) is 0 Å². The van der Waals surface area contributed by atoms with Crippen molar-refractivity contribution in [2.45, 2.75) is 50.6 Å². The highest BCUT2D eigenvalue weighted by Crippen LogP contribution is 2.28. The van der Waals surface area contributed by atoms with Crippen molar-refractivity contribution < 1.29 is 9.59 Å². The maximum atomic E-state index is 12.6. The number of fused-ring (bicyclic) bond motifs is 2. The minimum atomic E-state index is 0.0159. The van der Waals surface area contributed by atoms with Crippen LogP contribution in [-0.2, 0) is 11.2 Å². The molecule has 0 aliphatic carbocycles. The molecule has 1 aromatic rings. The van der Waals surface area contributed by atoms with Crippen LogP contribution in [0.3, 0.4) is 0 Å². The Balaban J connectivity index is 1.46. The number of carbonyl (C=O) groups is 2. The average molecular weight is 313 g/mol. The molecule has 23 heavy (non-hydrogen) atoms. The Bertz CT molecular complexity index is 643. The molecule has 122 valence electrons. The lowest BCUT2D eigenvalue weighted by atomic mass is 9.97. The predicted octanol–water partition coefficient (Wildman–Crippen LogP) is 1.93. The van der Waals surface area contributed by atoms with Gasteiger partial charge in [0.15, 0.2) is 0 Å². The number of nitrogens with one attached hydrogen (secondary N) is 2. The van der Waals surface area contributed by atoms with Crippen molar-refractivity contribution in [2.24, 2.45) is 0 Å². The molecule has 2 unspecified atom stereocenters. The number of rotatable bonds is 2. The zero-order chi connectivity index (χ0) is 15.8. The van der Waals surface area contributed by atoms with Crippen molar-refractivity contribution in [1.82, 2.24) is 10.2 Å². The summed E-state index contributed by atoms with van der Waals surface area (Å²) < 4.78 is 0. The lowest BCUT2D eigenvalue weighted by molar-refractivity contribution is -0.116. The van der Waals surface area contributed by atoms with Crippen molar-refractivity contribution in [3.8, 4) is 0 Å². The van der Waals surface area contributed by atoms with Gasteiger partial charge in [-0.1, -0.05) is 6.42 Å². The summed E-state index contributed by atoms with van der Waals surface area (Å²) in [6.07, 6.45) is 6.01. The molecule has 2 atom stereocenters. The zero-order valence-corrected chi connectivity index (χ0v) is 13.3. The second-order valence-corrected chi connectivity index (χ2v) is 6.89. The van der Waals surface area contributed by atoms with Crippen molar-refractivity contribution >= 4 is 17.5 Å². The number of anilines is 1. The van der Waals surface area contributed by atoms with Crippen LogP contribution in [0.25, 0.3) is 0 Å². The van der Waals surface area contributed by atoms with E-state index in [4.69, 9.17) is 0 Å². The molecule has 0 bridgehead atoms. The highest BCUT2D eigenvalue weighted by atomic mass is 16.2. The topological polar surface area (TPSA) is 61.4 Å². The van der Waals surface area contributed by atoms with Gasteiger partial charge in [0.2, 0.25) is 5.91 Å². The summed E-state index contributed by atoms with van der Waals surface area (Å²) in [5.74, 6) is 0.0696. The van der Waals surface area contributed by atoms with E-state index in [0.29, 0.717) is 24.4 Å². The number of carbonyl (C=O) groups excluding carboxylic acids is 2. The van der Waals surface area contributed by atoms with Gasteiger partial charge in [0.25, 0.3) is 5.91 Å². The fourth-order valence-electron chi connectivity index (χ4n) is 4.19. The second-order valence-electron chi connectivity index (χ2n) is 6.89. The third kappa shape index (κ3) is 2.85. The third-order valence-corrected chi connectivity index (χ3v) is 5.44. The Hall–Kier alpha value is -1.88. The lowest BCUT2D eigenvalue weighted by Gasteiger charge is -2.32. The number of nitrogens with zero attached hydrogens (tertiary/aromatic N) is 1. The van der Waals surface area contributed by atoms with Crippen LogP contribution < -0.4 is 10.6 Å². The SMILES string of the molecule is O=C1CCc2cc(C(=O)NC3CCN4CCCCC34)ccc2N1. The van der Waals surface area contributed by atoms with E-state index in [-0.39, 0.29) is 17.9 Å². The number of hydrogen-bond donors (Lipinski definition) is 2. The first-order valence-corrected chi connectivity index (χ1v) is 8.68. The molecule has 0 spiro atoms. The molecular weight excluding hydrogens is 290 g/mol. The number of piperidine rings is 1. The smallest absolute Gasteiger partial charge is 0.251 e. The van der Waals surface area contributed by atoms with Crippen molar-refractivity contribution in [1.29, 1.82) is 0 Å². The van der Waals surface area contributed by atoms with Gasteiger partial charge in [-0.3, -0.25) is 14.5 Å². The van der Waals surface area contributed by atoms with Gasteiger partial charge in [-0.2, -0.15) is 0 Å². The summed E-state index contributed by atoms with van der Waals surface area (Å²) in [7, 11) is 0. The maximum Gasteiger partial charge on any atom is 0.251 e. The first kappa shape index (κ1) is 14.7. The minimum absolute atomic E-state index is 0.0159. The molecular formula is C18H23N3O2. The first-order valence-electron chi connectivity index (χ1n) is 8.68. The summed E-state index contributed by atoms with van der Waals surface area (Å²) in [5.41, 5.74) is 2.61. The molecule has 2 N–H and O–H groups in total. The van der Waals surface area contributed by atoms with Gasteiger partial charge < -0.3 is 10.6 Å². The van der Waals surface area contributed by atoms with E-state index >= 15 is 0 Å². The van der Waals surface area contributed by atoms with Crippen molar-refractivity contribution in [2.75, 3.05) is 18.4 Å². The van der Waals surface area contributed by atoms with E-state index in [9.17, 15) is 9.59 Å². The highest BCUT2D eigenvalue weighted by Gasteiger charge is 2.36. The molecule has 0 saturated carbocycles. The molecule has 4 rings (SSSR count). The molecule has 2 saturated heterocycles. The van der Waals surface area contributed by atoms with Gasteiger partial charge in [0.05, 0.1) is 0 Å². The van der Waals surface area contributed by atoms with E-state index in [1.165, 1.54) is 25.8 Å². The van der Waals surface area contributed by atoms with E-state index < -0.39 is 0 Å². The Labute approximate surface area is 136 Å². The predicted molar refractivity (Wildman–Crippen MR) is 88.5 cm³/mol. The number of aryl methyl sites for hydroxylation is 1. The number of amides is 2. The monoisotopic (exact) mass is 313 g/mol. The Morgan fingerprint density at radius 2 is 2.09 bits per heavy atom. The molecule has 0 aromatic heterocycles. The van der Waals surface area contributed by atoms with E-state index in [0.717, 1.165) is 24.2 Å². The van der Waals surface area contributed by atoms with Crippen LogP contribution >= 0.6 is 0 Å². The molecule has 1 aromatic carbocycles. The lowest BCUT2D eigenvalue weighted by Crippen LogP contribution is -2.46. The van der Waals surface area contributed by atoms with Crippen LogP contribution in [-0.4, -0.2) is 41.9 Å². The second kappa shape index (κ2) is 5.96. The van der Waals surface area contributed by atoms with Gasteiger partial charge in [0.1, 0.15) is 0 Å². The van der Waals surface area contributed by atoms with Gasteiger partial charge in [-0.25, -0.2) is 0 Å². The largest absolute Gasteiger partial charge is 0.348 e. The standard InChI is InChI=1S/C18H23N3O2/c22-17-7-5-12-11-13(4-6-14(12)19-17)18(23)20-15-8-10-21-9-2-1-3-16(15)21/h4,6,11,15-16H,1-3,5,7-10H2,(H,19,22)(H,20,23). The summed E-state index contributed by atoms with van der Waals surface area (Å²) >= 11 is 0. The van der Waals surface area contributed by atoms with Crippen molar-refractivity contribution in [3.05, 3.63) is 29.3 Å². The quantitative estimate of drug-likeness (QED) is 0.877. The first-order chi connectivity index (χ1) is 11.2. The fourth-order valence-corrected chi connectivity index (χ4v) is 4.19. The van der Waals surface area contributed by atoms with Crippen LogP contribution in [0.5, 0.6) is 0 Å². The van der Waals surface area contributed by atoms with Gasteiger partial charge in [-0.15, -0.1) is 0 Å². The summed E-state index contributed by atoms with van der Waals surface area (Å²) in [4.78, 5) is 26.5. The van der Waals surface area contributed by atoms with Crippen LogP contribution in [0.15, 0.2) is 18.2 Å².